The number of aromatic nitrogens is 2. The van der Waals surface area contributed by atoms with E-state index in [1.165, 1.54) is 18.2 Å². The van der Waals surface area contributed by atoms with Crippen molar-refractivity contribution in [3.05, 3.63) is 58.1 Å². The van der Waals surface area contributed by atoms with Gasteiger partial charge in [0.2, 0.25) is 0 Å². The maximum Gasteiger partial charge on any atom is 0.297 e. The Balaban J connectivity index is 2.23. The Kier molecular flexibility index (Phi) is 2.67. The van der Waals surface area contributed by atoms with E-state index in [1.54, 1.807) is 6.07 Å². The van der Waals surface area contributed by atoms with Crippen LogP contribution in [0.2, 0.25) is 0 Å². The SMILES string of the molecule is O=[N+]([O-])c1cccc2[nH]c(-c3ccc(F)cc3F)nc12. The molecule has 7 heteroatoms. The van der Waals surface area contributed by atoms with Gasteiger partial charge in [-0.2, -0.15) is 0 Å². The van der Waals surface area contributed by atoms with Crippen LogP contribution in [0, 0.1) is 21.7 Å². The minimum atomic E-state index is -0.785. The number of aromatic amines is 1. The Morgan fingerprint density at radius 1 is 1.20 bits per heavy atom. The summed E-state index contributed by atoms with van der Waals surface area (Å²) >= 11 is 0. The fourth-order valence-electron chi connectivity index (χ4n) is 1.97. The highest BCUT2D eigenvalue weighted by Gasteiger charge is 2.17. The van der Waals surface area contributed by atoms with Crippen LogP contribution in [0.1, 0.15) is 0 Å². The molecule has 0 amide bonds. The average Bonchev–Trinajstić information content (AvgIpc) is 2.81. The predicted molar refractivity (Wildman–Crippen MR) is 68.1 cm³/mol. The van der Waals surface area contributed by atoms with Crippen LogP contribution in [0.15, 0.2) is 36.4 Å². The van der Waals surface area contributed by atoms with Crippen molar-refractivity contribution in [1.82, 2.24) is 9.97 Å². The molecule has 0 saturated heterocycles. The molecule has 0 fully saturated rings. The van der Waals surface area contributed by atoms with Crippen molar-refractivity contribution in [3.8, 4) is 11.4 Å². The Hall–Kier alpha value is -2.83. The monoisotopic (exact) mass is 275 g/mol. The number of halogens is 2. The van der Waals surface area contributed by atoms with Crippen LogP contribution in [-0.2, 0) is 0 Å². The lowest BCUT2D eigenvalue weighted by atomic mass is 10.2. The second kappa shape index (κ2) is 4.37. The number of H-pyrrole nitrogens is 1. The summed E-state index contributed by atoms with van der Waals surface area (Å²) in [6.45, 7) is 0. The van der Waals surface area contributed by atoms with E-state index in [9.17, 15) is 18.9 Å². The van der Waals surface area contributed by atoms with Crippen molar-refractivity contribution in [1.29, 1.82) is 0 Å². The fraction of sp³-hybridized carbons (Fsp3) is 0. The quantitative estimate of drug-likeness (QED) is 0.575. The van der Waals surface area contributed by atoms with Crippen LogP contribution in [0.5, 0.6) is 0 Å². The minimum Gasteiger partial charge on any atom is -0.338 e. The maximum atomic E-state index is 13.7. The number of fused-ring (bicyclic) bond motifs is 1. The van der Waals surface area contributed by atoms with Crippen molar-refractivity contribution < 1.29 is 13.7 Å². The van der Waals surface area contributed by atoms with Crippen LogP contribution in [0.25, 0.3) is 22.4 Å². The molecule has 2 aromatic carbocycles. The zero-order valence-corrected chi connectivity index (χ0v) is 9.93. The predicted octanol–water partition coefficient (Wildman–Crippen LogP) is 3.42. The Labute approximate surface area is 111 Å². The lowest BCUT2D eigenvalue weighted by Gasteiger charge is -1.98. The molecule has 0 aliphatic heterocycles. The topological polar surface area (TPSA) is 71.8 Å². The van der Waals surface area contributed by atoms with Crippen LogP contribution < -0.4 is 0 Å². The lowest BCUT2D eigenvalue weighted by molar-refractivity contribution is -0.383. The summed E-state index contributed by atoms with van der Waals surface area (Å²) in [5, 5.41) is 10.9. The molecule has 1 aromatic heterocycles. The average molecular weight is 275 g/mol. The molecule has 1 N–H and O–H groups in total. The maximum absolute atomic E-state index is 13.7. The number of rotatable bonds is 2. The molecule has 20 heavy (non-hydrogen) atoms. The molecule has 0 atom stereocenters. The molecule has 0 spiro atoms. The number of non-ortho nitro benzene ring substituents is 1. The Morgan fingerprint density at radius 2 is 2.00 bits per heavy atom. The largest absolute Gasteiger partial charge is 0.338 e. The molecule has 5 nitrogen and oxygen atoms in total. The fourth-order valence-corrected chi connectivity index (χ4v) is 1.97. The van der Waals surface area contributed by atoms with Crippen molar-refractivity contribution in [2.75, 3.05) is 0 Å². The van der Waals surface area contributed by atoms with Crippen LogP contribution >= 0.6 is 0 Å². The van der Waals surface area contributed by atoms with Crippen molar-refractivity contribution >= 4 is 16.7 Å². The minimum absolute atomic E-state index is 0.0527. The standard InChI is InChI=1S/C13H7F2N3O2/c14-7-4-5-8(9(15)6-7)13-16-10-2-1-3-11(18(19)20)12(10)17-13/h1-6H,(H,16,17). The van der Waals surface area contributed by atoms with Gasteiger partial charge in [-0.1, -0.05) is 6.07 Å². The van der Waals surface area contributed by atoms with Gasteiger partial charge in [0.05, 0.1) is 16.0 Å². The molecule has 0 aliphatic carbocycles. The Morgan fingerprint density at radius 3 is 2.70 bits per heavy atom. The summed E-state index contributed by atoms with van der Waals surface area (Å²) in [5.41, 5.74) is 0.429. The highest BCUT2D eigenvalue weighted by atomic mass is 19.1. The van der Waals surface area contributed by atoms with Crippen molar-refractivity contribution in [3.63, 3.8) is 0 Å². The molecule has 0 aliphatic rings. The highest BCUT2D eigenvalue weighted by Crippen LogP contribution is 2.28. The van der Waals surface area contributed by atoms with Gasteiger partial charge in [0.25, 0.3) is 5.69 Å². The summed E-state index contributed by atoms with van der Waals surface area (Å²) in [4.78, 5) is 17.2. The number of hydrogen-bond acceptors (Lipinski definition) is 3. The number of nitro groups is 1. The van der Waals surface area contributed by atoms with Gasteiger partial charge in [-0.25, -0.2) is 13.8 Å². The van der Waals surface area contributed by atoms with Gasteiger partial charge in [-0.15, -0.1) is 0 Å². The summed E-state index contributed by atoms with van der Waals surface area (Å²) in [6, 6.07) is 7.48. The molecule has 0 saturated carbocycles. The van der Waals surface area contributed by atoms with Gasteiger partial charge in [-0.3, -0.25) is 10.1 Å². The van der Waals surface area contributed by atoms with E-state index in [-0.39, 0.29) is 22.6 Å². The Bertz CT molecular complexity index is 830. The van der Waals surface area contributed by atoms with Crippen LogP contribution in [-0.4, -0.2) is 14.9 Å². The number of imidazole rings is 1. The third kappa shape index (κ3) is 1.89. The van der Waals surface area contributed by atoms with Crippen molar-refractivity contribution in [2.45, 2.75) is 0 Å². The second-order valence-electron chi connectivity index (χ2n) is 4.14. The van der Waals surface area contributed by atoms with Gasteiger partial charge in [0.15, 0.2) is 5.52 Å². The molecule has 3 aromatic rings. The molecule has 1 heterocycles. The first-order valence-corrected chi connectivity index (χ1v) is 5.65. The molecule has 0 bridgehead atoms. The van der Waals surface area contributed by atoms with E-state index in [4.69, 9.17) is 0 Å². The van der Waals surface area contributed by atoms with Gasteiger partial charge in [-0.05, 0) is 18.2 Å². The van der Waals surface area contributed by atoms with Crippen LogP contribution in [0.4, 0.5) is 14.5 Å². The second-order valence-corrected chi connectivity index (χ2v) is 4.14. The zero-order chi connectivity index (χ0) is 14.3. The van der Waals surface area contributed by atoms with Gasteiger partial charge < -0.3 is 4.98 Å². The summed E-state index contributed by atoms with van der Waals surface area (Å²) in [7, 11) is 0. The smallest absolute Gasteiger partial charge is 0.297 e. The zero-order valence-electron chi connectivity index (χ0n) is 9.93. The van der Waals surface area contributed by atoms with E-state index in [2.05, 4.69) is 9.97 Å². The summed E-state index contributed by atoms with van der Waals surface area (Å²) < 4.78 is 26.6. The first kappa shape index (κ1) is 12.2. The van der Waals surface area contributed by atoms with Gasteiger partial charge in [0, 0.05) is 12.1 Å². The molecule has 0 radical (unpaired) electrons. The molecular weight excluding hydrogens is 268 g/mol. The number of hydrogen-bond donors (Lipinski definition) is 1. The summed E-state index contributed by atoms with van der Waals surface area (Å²) in [5.74, 6) is -1.37. The van der Waals surface area contributed by atoms with E-state index in [0.29, 0.717) is 5.52 Å². The lowest BCUT2D eigenvalue weighted by Crippen LogP contribution is -1.89. The normalized spacial score (nSPS) is 10.9. The third-order valence-electron chi connectivity index (χ3n) is 2.87. The summed E-state index contributed by atoms with van der Waals surface area (Å²) in [6.07, 6.45) is 0. The van der Waals surface area contributed by atoms with E-state index in [0.717, 1.165) is 12.1 Å². The van der Waals surface area contributed by atoms with E-state index in [1.807, 2.05) is 0 Å². The van der Waals surface area contributed by atoms with Gasteiger partial charge in [0.1, 0.15) is 17.5 Å². The van der Waals surface area contributed by atoms with Gasteiger partial charge >= 0.3 is 0 Å². The number of para-hydroxylation sites is 1. The first-order valence-electron chi connectivity index (χ1n) is 5.65. The number of nitrogens with zero attached hydrogens (tertiary/aromatic N) is 2. The van der Waals surface area contributed by atoms with E-state index >= 15 is 0 Å². The van der Waals surface area contributed by atoms with Crippen LogP contribution in [0.3, 0.4) is 0 Å². The number of nitro benzene ring substituents is 1. The molecular formula is C13H7F2N3O2. The first-order chi connectivity index (χ1) is 9.56. The highest BCUT2D eigenvalue weighted by molar-refractivity contribution is 5.87. The van der Waals surface area contributed by atoms with Crippen molar-refractivity contribution in [2.24, 2.45) is 0 Å². The van der Waals surface area contributed by atoms with E-state index < -0.39 is 16.6 Å². The third-order valence-corrected chi connectivity index (χ3v) is 2.87. The molecule has 3 rings (SSSR count). The number of benzene rings is 2. The molecule has 0 unspecified atom stereocenters. The number of nitrogens with one attached hydrogen (secondary N) is 1. The molecule has 100 valence electrons.